The van der Waals surface area contributed by atoms with E-state index in [2.05, 4.69) is 5.32 Å². The molecule has 19 heavy (non-hydrogen) atoms. The second-order valence-corrected chi connectivity index (χ2v) is 4.39. The maximum atomic E-state index is 11.6. The van der Waals surface area contributed by atoms with Crippen molar-refractivity contribution in [1.29, 1.82) is 0 Å². The third-order valence-corrected chi connectivity index (χ3v) is 3.18. The van der Waals surface area contributed by atoms with Gasteiger partial charge < -0.3 is 14.8 Å². The molecule has 0 saturated carbocycles. The van der Waals surface area contributed by atoms with Crippen molar-refractivity contribution in [2.24, 2.45) is 0 Å². The normalized spacial score (nSPS) is 17.5. The van der Waals surface area contributed by atoms with Crippen molar-refractivity contribution in [3.8, 4) is 0 Å². The average molecular weight is 263 g/mol. The highest BCUT2D eigenvalue weighted by Gasteiger charge is 2.24. The van der Waals surface area contributed by atoms with Gasteiger partial charge in [0.25, 0.3) is 0 Å². The summed E-state index contributed by atoms with van der Waals surface area (Å²) < 4.78 is 10.6. The van der Waals surface area contributed by atoms with E-state index in [1.807, 2.05) is 18.2 Å². The van der Waals surface area contributed by atoms with E-state index in [0.717, 1.165) is 16.7 Å². The number of hydrogen-bond donors (Lipinski definition) is 1. The first-order valence-corrected chi connectivity index (χ1v) is 6.22. The molecule has 1 aliphatic heterocycles. The van der Waals surface area contributed by atoms with Crippen LogP contribution in [0.5, 0.6) is 0 Å². The van der Waals surface area contributed by atoms with Crippen LogP contribution in [-0.2, 0) is 15.9 Å². The topological polar surface area (TPSA) is 64.6 Å². The van der Waals surface area contributed by atoms with Crippen LogP contribution in [0.2, 0.25) is 0 Å². The number of fused-ring (bicyclic) bond motifs is 1. The molecule has 1 N–H and O–H groups in total. The van der Waals surface area contributed by atoms with Crippen LogP contribution < -0.4 is 5.32 Å². The van der Waals surface area contributed by atoms with Gasteiger partial charge in [-0.1, -0.05) is 18.2 Å². The zero-order valence-corrected chi connectivity index (χ0v) is 11.1. The lowest BCUT2D eigenvalue weighted by Crippen LogP contribution is -2.26. The fourth-order valence-corrected chi connectivity index (χ4v) is 2.27. The molecule has 102 valence electrons. The third kappa shape index (κ3) is 2.93. The number of ketones is 1. The molecule has 0 saturated heterocycles. The predicted molar refractivity (Wildman–Crippen MR) is 69.3 cm³/mol. The molecule has 5 nitrogen and oxygen atoms in total. The molecule has 1 aromatic carbocycles. The predicted octanol–water partition coefficient (Wildman–Crippen LogP) is 1.86. The van der Waals surface area contributed by atoms with E-state index in [0.29, 0.717) is 13.0 Å². The molecular weight excluding hydrogens is 246 g/mol. The number of Topliss-reactive ketones (excluding diaryl/α,β-unsaturated/α-hetero) is 1. The van der Waals surface area contributed by atoms with Crippen LogP contribution >= 0.6 is 0 Å². The lowest BCUT2D eigenvalue weighted by Gasteiger charge is -2.27. The molecule has 1 amide bonds. The number of carbonyl (C=O) groups is 2. The van der Waals surface area contributed by atoms with Crippen LogP contribution in [0.15, 0.2) is 18.2 Å². The van der Waals surface area contributed by atoms with Gasteiger partial charge in [0.05, 0.1) is 6.61 Å². The fourth-order valence-electron chi connectivity index (χ4n) is 2.27. The molecule has 1 aliphatic rings. The van der Waals surface area contributed by atoms with Crippen LogP contribution in [-0.4, -0.2) is 32.1 Å². The van der Waals surface area contributed by atoms with Crippen LogP contribution in [0.4, 0.5) is 4.79 Å². The molecule has 0 fully saturated rings. The summed E-state index contributed by atoms with van der Waals surface area (Å²) in [6, 6.07) is 5.57. The van der Waals surface area contributed by atoms with Gasteiger partial charge in [-0.15, -0.1) is 0 Å². The SMILES string of the molecule is CNC(=O)OCC1OCCc2c(C(C)=O)cccc21. The maximum Gasteiger partial charge on any atom is 0.406 e. The summed E-state index contributed by atoms with van der Waals surface area (Å²) in [6.45, 7) is 2.23. The molecule has 1 aromatic rings. The average Bonchev–Trinajstić information content (AvgIpc) is 2.43. The van der Waals surface area contributed by atoms with Crippen molar-refractivity contribution >= 4 is 11.9 Å². The standard InChI is InChI=1S/C14H17NO4/c1-9(16)10-4-3-5-12-11(10)6-7-18-13(12)8-19-14(17)15-2/h3-5,13H,6-8H2,1-2H3,(H,15,17). The Balaban J connectivity index is 2.22. The number of benzene rings is 1. The van der Waals surface area contributed by atoms with Crippen LogP contribution in [0.3, 0.4) is 0 Å². The van der Waals surface area contributed by atoms with Gasteiger partial charge in [0, 0.05) is 12.6 Å². The van der Waals surface area contributed by atoms with Gasteiger partial charge in [0.1, 0.15) is 12.7 Å². The van der Waals surface area contributed by atoms with Crippen molar-refractivity contribution in [2.75, 3.05) is 20.3 Å². The molecule has 0 aromatic heterocycles. The molecule has 0 spiro atoms. The fraction of sp³-hybridized carbons (Fsp3) is 0.429. The molecule has 0 radical (unpaired) electrons. The smallest absolute Gasteiger partial charge is 0.406 e. The number of hydrogen-bond acceptors (Lipinski definition) is 4. The summed E-state index contributed by atoms with van der Waals surface area (Å²) in [7, 11) is 1.51. The van der Waals surface area contributed by atoms with Crippen molar-refractivity contribution in [3.05, 3.63) is 34.9 Å². The van der Waals surface area contributed by atoms with Gasteiger partial charge in [0.15, 0.2) is 5.78 Å². The summed E-state index contributed by atoms with van der Waals surface area (Å²) in [6.07, 6.45) is -0.0829. The lowest BCUT2D eigenvalue weighted by atomic mass is 9.91. The number of alkyl carbamates (subject to hydrolysis) is 1. The molecule has 1 atom stereocenters. The number of carbonyl (C=O) groups excluding carboxylic acids is 2. The second-order valence-electron chi connectivity index (χ2n) is 4.39. The molecule has 1 heterocycles. The van der Waals surface area contributed by atoms with E-state index in [1.54, 1.807) is 6.92 Å². The highest BCUT2D eigenvalue weighted by molar-refractivity contribution is 5.96. The molecular formula is C14H17NO4. The zero-order valence-electron chi connectivity index (χ0n) is 11.1. The Bertz CT molecular complexity index is 498. The number of ether oxygens (including phenoxy) is 2. The van der Waals surface area contributed by atoms with Crippen molar-refractivity contribution in [2.45, 2.75) is 19.4 Å². The minimum absolute atomic E-state index is 0.0460. The van der Waals surface area contributed by atoms with E-state index in [-0.39, 0.29) is 18.5 Å². The Kier molecular flexibility index (Phi) is 4.16. The summed E-state index contributed by atoms with van der Waals surface area (Å²) >= 11 is 0. The Labute approximate surface area is 111 Å². The maximum absolute atomic E-state index is 11.6. The molecule has 0 aliphatic carbocycles. The van der Waals surface area contributed by atoms with Gasteiger partial charge in [-0.05, 0) is 24.5 Å². The van der Waals surface area contributed by atoms with Gasteiger partial charge >= 0.3 is 6.09 Å². The second kappa shape index (κ2) is 5.84. The van der Waals surface area contributed by atoms with Gasteiger partial charge in [0.2, 0.25) is 0 Å². The highest BCUT2D eigenvalue weighted by Crippen LogP contribution is 2.29. The van der Waals surface area contributed by atoms with Crippen LogP contribution in [0.1, 0.15) is 34.5 Å². The monoisotopic (exact) mass is 263 g/mol. The quantitative estimate of drug-likeness (QED) is 0.845. The summed E-state index contributed by atoms with van der Waals surface area (Å²) in [5.41, 5.74) is 2.67. The van der Waals surface area contributed by atoms with Crippen molar-refractivity contribution in [1.82, 2.24) is 5.32 Å². The Morgan fingerprint density at radius 3 is 2.95 bits per heavy atom. The van der Waals surface area contributed by atoms with Gasteiger partial charge in [-0.2, -0.15) is 0 Å². The Morgan fingerprint density at radius 2 is 2.26 bits per heavy atom. The van der Waals surface area contributed by atoms with Crippen molar-refractivity contribution in [3.63, 3.8) is 0 Å². The van der Waals surface area contributed by atoms with E-state index >= 15 is 0 Å². The minimum atomic E-state index is -0.488. The van der Waals surface area contributed by atoms with E-state index < -0.39 is 6.09 Å². The van der Waals surface area contributed by atoms with E-state index in [9.17, 15) is 9.59 Å². The van der Waals surface area contributed by atoms with Crippen molar-refractivity contribution < 1.29 is 19.1 Å². The lowest BCUT2D eigenvalue weighted by molar-refractivity contribution is -0.00371. The van der Waals surface area contributed by atoms with Crippen LogP contribution in [0, 0.1) is 0 Å². The number of nitrogens with one attached hydrogen (secondary N) is 1. The summed E-state index contributed by atoms with van der Waals surface area (Å²) in [5, 5.41) is 2.39. The summed E-state index contributed by atoms with van der Waals surface area (Å²) in [4.78, 5) is 22.7. The summed E-state index contributed by atoms with van der Waals surface area (Å²) in [5.74, 6) is 0.0460. The van der Waals surface area contributed by atoms with Gasteiger partial charge in [-0.3, -0.25) is 4.79 Å². The third-order valence-electron chi connectivity index (χ3n) is 3.18. The number of rotatable bonds is 3. The first kappa shape index (κ1) is 13.5. The minimum Gasteiger partial charge on any atom is -0.446 e. The molecule has 2 rings (SSSR count). The van der Waals surface area contributed by atoms with E-state index in [1.165, 1.54) is 7.05 Å². The van der Waals surface area contributed by atoms with Gasteiger partial charge in [-0.25, -0.2) is 4.79 Å². The van der Waals surface area contributed by atoms with Crippen LogP contribution in [0.25, 0.3) is 0 Å². The molecule has 1 unspecified atom stereocenters. The Morgan fingerprint density at radius 1 is 1.47 bits per heavy atom. The van der Waals surface area contributed by atoms with E-state index in [4.69, 9.17) is 9.47 Å². The largest absolute Gasteiger partial charge is 0.446 e. The molecule has 0 bridgehead atoms. The molecule has 5 heteroatoms. The number of amides is 1. The zero-order chi connectivity index (χ0) is 13.8. The first-order valence-electron chi connectivity index (χ1n) is 6.22. The Hall–Kier alpha value is -1.88. The first-order chi connectivity index (χ1) is 9.13. The highest BCUT2D eigenvalue weighted by atomic mass is 16.6.